The highest BCUT2D eigenvalue weighted by Gasteiger charge is 2.24. The van der Waals surface area contributed by atoms with Gasteiger partial charge in [0, 0.05) is 22.3 Å². The van der Waals surface area contributed by atoms with Crippen LogP contribution in [0.2, 0.25) is 5.02 Å². The van der Waals surface area contributed by atoms with Crippen LogP contribution < -0.4 is 5.32 Å². The third-order valence-electron chi connectivity index (χ3n) is 2.81. The van der Waals surface area contributed by atoms with E-state index < -0.39 is 11.4 Å². The van der Waals surface area contributed by atoms with Crippen LogP contribution in [0.4, 0.5) is 11.6 Å². The van der Waals surface area contributed by atoms with E-state index in [0.717, 1.165) is 5.69 Å². The van der Waals surface area contributed by atoms with Crippen LogP contribution in [0.15, 0.2) is 30.5 Å². The standard InChI is InChI=1S/C15H16ClN3O2/c1-15(2,3)12-11(13(20)21)8-17-14(19-12)18-10-6-4-5-9(16)7-10/h4-8H,1-3H3,(H,20,21)(H,17,18,19). The molecule has 0 spiro atoms. The van der Waals surface area contributed by atoms with E-state index in [-0.39, 0.29) is 5.56 Å². The Hall–Kier alpha value is -2.14. The van der Waals surface area contributed by atoms with Crippen molar-refractivity contribution < 1.29 is 9.90 Å². The lowest BCUT2D eigenvalue weighted by Gasteiger charge is -2.20. The first kappa shape index (κ1) is 15.3. The van der Waals surface area contributed by atoms with Crippen molar-refractivity contribution in [2.45, 2.75) is 26.2 Å². The van der Waals surface area contributed by atoms with Gasteiger partial charge >= 0.3 is 5.97 Å². The van der Waals surface area contributed by atoms with Crippen molar-refractivity contribution in [1.82, 2.24) is 9.97 Å². The highest BCUT2D eigenvalue weighted by Crippen LogP contribution is 2.26. The lowest BCUT2D eigenvalue weighted by Crippen LogP contribution is -2.20. The minimum Gasteiger partial charge on any atom is -0.478 e. The fourth-order valence-electron chi connectivity index (χ4n) is 1.87. The summed E-state index contributed by atoms with van der Waals surface area (Å²) in [5.41, 5.74) is 0.931. The zero-order valence-electron chi connectivity index (χ0n) is 12.0. The molecule has 110 valence electrons. The Kier molecular flexibility index (Phi) is 4.14. The van der Waals surface area contributed by atoms with Gasteiger partial charge in [0.25, 0.3) is 0 Å². The Labute approximate surface area is 128 Å². The number of halogens is 1. The average molecular weight is 306 g/mol. The van der Waals surface area contributed by atoms with Gasteiger partial charge in [0.2, 0.25) is 5.95 Å². The second kappa shape index (κ2) is 5.69. The topological polar surface area (TPSA) is 75.1 Å². The summed E-state index contributed by atoms with van der Waals surface area (Å²) in [7, 11) is 0. The summed E-state index contributed by atoms with van der Waals surface area (Å²) in [6, 6.07) is 7.15. The molecule has 0 saturated carbocycles. The van der Waals surface area contributed by atoms with Crippen molar-refractivity contribution in [1.29, 1.82) is 0 Å². The van der Waals surface area contributed by atoms with Gasteiger partial charge in [-0.15, -0.1) is 0 Å². The molecule has 0 aliphatic carbocycles. The number of benzene rings is 1. The lowest BCUT2D eigenvalue weighted by molar-refractivity contribution is 0.0693. The van der Waals surface area contributed by atoms with Gasteiger partial charge < -0.3 is 10.4 Å². The fraction of sp³-hybridized carbons (Fsp3) is 0.267. The maximum Gasteiger partial charge on any atom is 0.339 e. The van der Waals surface area contributed by atoms with Crippen molar-refractivity contribution in [3.8, 4) is 0 Å². The smallest absolute Gasteiger partial charge is 0.339 e. The van der Waals surface area contributed by atoms with Crippen molar-refractivity contribution in [2.24, 2.45) is 0 Å². The summed E-state index contributed by atoms with van der Waals surface area (Å²) in [6.07, 6.45) is 1.32. The molecule has 6 heteroatoms. The highest BCUT2D eigenvalue weighted by molar-refractivity contribution is 6.30. The molecule has 2 aromatic rings. The van der Waals surface area contributed by atoms with Gasteiger partial charge in [0.05, 0.1) is 11.3 Å². The molecule has 2 N–H and O–H groups in total. The first-order valence-electron chi connectivity index (χ1n) is 6.41. The molecule has 0 saturated heterocycles. The number of carboxylic acid groups (broad SMARTS) is 1. The Morgan fingerprint density at radius 1 is 1.33 bits per heavy atom. The van der Waals surface area contributed by atoms with Gasteiger partial charge in [0.15, 0.2) is 0 Å². The van der Waals surface area contributed by atoms with Crippen LogP contribution in [-0.2, 0) is 5.41 Å². The second-order valence-corrected chi connectivity index (χ2v) is 6.08. The number of hydrogen-bond donors (Lipinski definition) is 2. The van der Waals surface area contributed by atoms with Crippen LogP contribution in [0.5, 0.6) is 0 Å². The zero-order chi connectivity index (χ0) is 15.6. The van der Waals surface area contributed by atoms with Gasteiger partial charge in [-0.25, -0.2) is 14.8 Å². The third-order valence-corrected chi connectivity index (χ3v) is 3.05. The summed E-state index contributed by atoms with van der Waals surface area (Å²) < 4.78 is 0. The van der Waals surface area contributed by atoms with Gasteiger partial charge in [-0.05, 0) is 18.2 Å². The van der Waals surface area contributed by atoms with Gasteiger partial charge in [0.1, 0.15) is 0 Å². The molecule has 21 heavy (non-hydrogen) atoms. The summed E-state index contributed by atoms with van der Waals surface area (Å²) in [5, 5.41) is 12.8. The molecule has 0 aliphatic rings. The van der Waals surface area contributed by atoms with Crippen LogP contribution in [-0.4, -0.2) is 21.0 Å². The SMILES string of the molecule is CC(C)(C)c1nc(Nc2cccc(Cl)c2)ncc1C(=O)O. The molecule has 0 atom stereocenters. The molecule has 1 aromatic heterocycles. The molecular formula is C15H16ClN3O2. The third kappa shape index (κ3) is 3.70. The lowest BCUT2D eigenvalue weighted by atomic mass is 9.89. The molecule has 0 bridgehead atoms. The number of aromatic carboxylic acids is 1. The molecule has 1 aromatic carbocycles. The van der Waals surface area contributed by atoms with Crippen LogP contribution >= 0.6 is 11.6 Å². The highest BCUT2D eigenvalue weighted by atomic mass is 35.5. The van der Waals surface area contributed by atoms with Crippen molar-refractivity contribution in [3.05, 3.63) is 46.7 Å². The van der Waals surface area contributed by atoms with Crippen molar-refractivity contribution in [2.75, 3.05) is 5.32 Å². The maximum absolute atomic E-state index is 11.3. The van der Waals surface area contributed by atoms with Crippen molar-refractivity contribution in [3.63, 3.8) is 0 Å². The zero-order valence-corrected chi connectivity index (χ0v) is 12.8. The molecule has 0 radical (unpaired) electrons. The predicted octanol–water partition coefficient (Wildman–Crippen LogP) is 3.87. The maximum atomic E-state index is 11.3. The molecule has 0 unspecified atom stereocenters. The van der Waals surface area contributed by atoms with E-state index in [4.69, 9.17) is 11.6 Å². The number of carboxylic acids is 1. The monoisotopic (exact) mass is 305 g/mol. The number of nitrogens with one attached hydrogen (secondary N) is 1. The average Bonchev–Trinajstić information content (AvgIpc) is 2.37. The number of rotatable bonds is 3. The van der Waals surface area contributed by atoms with E-state index in [0.29, 0.717) is 16.7 Å². The number of aromatic nitrogens is 2. The molecular weight excluding hydrogens is 290 g/mol. The minimum absolute atomic E-state index is 0.110. The Bertz CT molecular complexity index is 681. The summed E-state index contributed by atoms with van der Waals surface area (Å²) >= 11 is 5.92. The van der Waals surface area contributed by atoms with Gasteiger partial charge in [-0.3, -0.25) is 0 Å². The van der Waals surface area contributed by atoms with E-state index >= 15 is 0 Å². The molecule has 2 rings (SSSR count). The normalized spacial score (nSPS) is 11.2. The first-order chi connectivity index (χ1) is 9.77. The molecule has 5 nitrogen and oxygen atoms in total. The first-order valence-corrected chi connectivity index (χ1v) is 6.78. The number of hydrogen-bond acceptors (Lipinski definition) is 4. The molecule has 0 fully saturated rings. The second-order valence-electron chi connectivity index (χ2n) is 5.65. The van der Waals surface area contributed by atoms with Crippen molar-refractivity contribution >= 4 is 29.2 Å². The number of nitrogens with zero attached hydrogens (tertiary/aromatic N) is 2. The van der Waals surface area contributed by atoms with Gasteiger partial charge in [-0.2, -0.15) is 0 Å². The minimum atomic E-state index is -1.03. The van der Waals surface area contributed by atoms with E-state index in [1.165, 1.54) is 6.20 Å². The Morgan fingerprint density at radius 3 is 2.62 bits per heavy atom. The molecule has 0 aliphatic heterocycles. The quantitative estimate of drug-likeness (QED) is 0.900. The van der Waals surface area contributed by atoms with Gasteiger partial charge in [-0.1, -0.05) is 38.4 Å². The fourth-order valence-corrected chi connectivity index (χ4v) is 2.06. The molecule has 0 amide bonds. The van der Waals surface area contributed by atoms with E-state index in [9.17, 15) is 9.90 Å². The molecule has 1 heterocycles. The van der Waals surface area contributed by atoms with Crippen LogP contribution in [0.3, 0.4) is 0 Å². The summed E-state index contributed by atoms with van der Waals surface area (Å²) in [5.74, 6) is -0.693. The largest absolute Gasteiger partial charge is 0.478 e. The van der Waals surface area contributed by atoms with Crippen LogP contribution in [0, 0.1) is 0 Å². The van der Waals surface area contributed by atoms with E-state index in [1.807, 2.05) is 26.8 Å². The number of anilines is 2. The van der Waals surface area contributed by atoms with Crippen LogP contribution in [0.1, 0.15) is 36.8 Å². The van der Waals surface area contributed by atoms with E-state index in [1.54, 1.807) is 18.2 Å². The van der Waals surface area contributed by atoms with E-state index in [2.05, 4.69) is 15.3 Å². The Morgan fingerprint density at radius 2 is 2.05 bits per heavy atom. The summed E-state index contributed by atoms with van der Waals surface area (Å²) in [6.45, 7) is 5.72. The predicted molar refractivity (Wildman–Crippen MR) is 82.4 cm³/mol. The van der Waals surface area contributed by atoms with Crippen LogP contribution in [0.25, 0.3) is 0 Å². The number of carbonyl (C=O) groups is 1. The Balaban J connectivity index is 2.40. The summed E-state index contributed by atoms with van der Waals surface area (Å²) in [4.78, 5) is 19.7.